The van der Waals surface area contributed by atoms with Gasteiger partial charge in [-0.25, -0.2) is 4.79 Å². The summed E-state index contributed by atoms with van der Waals surface area (Å²) in [5.41, 5.74) is 4.30. The number of carbonyl (C=O) groups is 1. The van der Waals surface area contributed by atoms with Gasteiger partial charge in [0.25, 0.3) is 0 Å². The molecule has 0 bridgehead atoms. The first kappa shape index (κ1) is 18.5. The van der Waals surface area contributed by atoms with Gasteiger partial charge in [0.1, 0.15) is 0 Å². The lowest BCUT2D eigenvalue weighted by molar-refractivity contribution is 0.207. The number of rotatable bonds is 4. The van der Waals surface area contributed by atoms with Gasteiger partial charge in [-0.05, 0) is 56.3 Å². The maximum Gasteiger partial charge on any atom is 0.322 e. The normalized spacial score (nSPS) is 16.9. The van der Waals surface area contributed by atoms with Crippen molar-refractivity contribution in [3.63, 3.8) is 0 Å². The van der Waals surface area contributed by atoms with Gasteiger partial charge in [0, 0.05) is 31.2 Å². The van der Waals surface area contributed by atoms with E-state index in [1.807, 2.05) is 41.0 Å². The third-order valence-corrected chi connectivity index (χ3v) is 5.38. The van der Waals surface area contributed by atoms with Gasteiger partial charge in [0.15, 0.2) is 0 Å². The van der Waals surface area contributed by atoms with E-state index in [1.54, 1.807) is 0 Å². The van der Waals surface area contributed by atoms with Gasteiger partial charge in [-0.15, -0.1) is 0 Å². The van der Waals surface area contributed by atoms with Gasteiger partial charge in [0.2, 0.25) is 0 Å². The van der Waals surface area contributed by atoms with Crippen molar-refractivity contribution in [3.8, 4) is 0 Å². The molecule has 1 aromatic heterocycles. The van der Waals surface area contributed by atoms with Gasteiger partial charge in [-0.2, -0.15) is 5.10 Å². The average Bonchev–Trinajstić information content (AvgIpc) is 3.29. The maximum atomic E-state index is 13.0. The fourth-order valence-electron chi connectivity index (χ4n) is 3.98. The summed E-state index contributed by atoms with van der Waals surface area (Å²) >= 11 is 0. The Labute approximate surface area is 165 Å². The molecule has 2 amide bonds. The number of fused-ring (bicyclic) bond motifs is 1. The highest BCUT2D eigenvalue weighted by molar-refractivity contribution is 5.92. The molecule has 0 radical (unpaired) electrons. The fraction of sp³-hybridized carbons (Fsp3) is 0.364. The third-order valence-electron chi connectivity index (χ3n) is 5.38. The Morgan fingerprint density at radius 3 is 2.75 bits per heavy atom. The van der Waals surface area contributed by atoms with Crippen LogP contribution in [0.25, 0.3) is 10.9 Å². The molecule has 4 rings (SSSR count). The highest BCUT2D eigenvalue weighted by Gasteiger charge is 2.30. The van der Waals surface area contributed by atoms with Gasteiger partial charge >= 0.3 is 6.03 Å². The van der Waals surface area contributed by atoms with Crippen molar-refractivity contribution in [2.45, 2.75) is 25.4 Å². The number of benzene rings is 2. The van der Waals surface area contributed by atoms with Crippen LogP contribution in [0.2, 0.25) is 0 Å². The SMILES string of the molecule is CN(C)Cc1ccc([C@H]2CCCN2C(=O)Nc2ccc3cnn(C)c3c2)cc1. The second-order valence-corrected chi connectivity index (χ2v) is 7.80. The quantitative estimate of drug-likeness (QED) is 0.748. The lowest BCUT2D eigenvalue weighted by atomic mass is 10.0. The minimum Gasteiger partial charge on any atom is -0.317 e. The Kier molecular flexibility index (Phi) is 5.05. The van der Waals surface area contributed by atoms with Crippen LogP contribution in [0.15, 0.2) is 48.7 Å². The van der Waals surface area contributed by atoms with E-state index in [1.165, 1.54) is 11.1 Å². The molecule has 1 fully saturated rings. The minimum absolute atomic E-state index is 0.0404. The number of urea groups is 1. The Hall–Kier alpha value is -2.86. The smallest absolute Gasteiger partial charge is 0.317 e. The summed E-state index contributed by atoms with van der Waals surface area (Å²) in [7, 11) is 6.05. The number of likely N-dealkylation sites (tertiary alicyclic amines) is 1. The number of anilines is 1. The fourth-order valence-corrected chi connectivity index (χ4v) is 3.98. The van der Waals surface area contributed by atoms with E-state index in [0.29, 0.717) is 0 Å². The van der Waals surface area contributed by atoms with E-state index >= 15 is 0 Å². The number of nitrogens with one attached hydrogen (secondary N) is 1. The molecule has 3 aromatic rings. The van der Waals surface area contributed by atoms with E-state index in [2.05, 4.69) is 53.7 Å². The van der Waals surface area contributed by atoms with Crippen molar-refractivity contribution in [1.29, 1.82) is 0 Å². The van der Waals surface area contributed by atoms with Crippen molar-refractivity contribution in [3.05, 3.63) is 59.8 Å². The molecule has 146 valence electrons. The topological polar surface area (TPSA) is 53.4 Å². The Bertz CT molecular complexity index is 976. The van der Waals surface area contributed by atoms with Crippen LogP contribution in [-0.4, -0.2) is 46.3 Å². The van der Waals surface area contributed by atoms with Crippen molar-refractivity contribution in [2.75, 3.05) is 26.0 Å². The van der Waals surface area contributed by atoms with Gasteiger partial charge in [0.05, 0.1) is 17.8 Å². The molecular weight excluding hydrogens is 350 g/mol. The monoisotopic (exact) mass is 377 g/mol. The highest BCUT2D eigenvalue weighted by Crippen LogP contribution is 2.32. The van der Waals surface area contributed by atoms with Crippen molar-refractivity contribution >= 4 is 22.6 Å². The molecule has 1 atom stereocenters. The molecule has 6 heteroatoms. The van der Waals surface area contributed by atoms with Gasteiger partial charge in [-0.3, -0.25) is 4.68 Å². The largest absolute Gasteiger partial charge is 0.322 e. The number of hydrogen-bond acceptors (Lipinski definition) is 3. The van der Waals surface area contributed by atoms with Crippen LogP contribution in [-0.2, 0) is 13.6 Å². The van der Waals surface area contributed by atoms with Crippen LogP contribution in [0.1, 0.15) is 30.0 Å². The Morgan fingerprint density at radius 2 is 2.00 bits per heavy atom. The number of aromatic nitrogens is 2. The minimum atomic E-state index is -0.0404. The zero-order chi connectivity index (χ0) is 19.7. The summed E-state index contributed by atoms with van der Waals surface area (Å²) < 4.78 is 1.82. The molecule has 0 aliphatic carbocycles. The van der Waals surface area contributed by atoms with Crippen LogP contribution in [0.3, 0.4) is 0 Å². The third kappa shape index (κ3) is 3.73. The molecule has 2 aromatic carbocycles. The summed E-state index contributed by atoms with van der Waals surface area (Å²) in [5.74, 6) is 0. The maximum absolute atomic E-state index is 13.0. The van der Waals surface area contributed by atoms with Crippen molar-refractivity contribution in [2.24, 2.45) is 7.05 Å². The molecule has 0 unspecified atom stereocenters. The summed E-state index contributed by atoms with van der Waals surface area (Å²) in [6.45, 7) is 1.70. The Morgan fingerprint density at radius 1 is 1.21 bits per heavy atom. The molecule has 6 nitrogen and oxygen atoms in total. The first-order valence-electron chi connectivity index (χ1n) is 9.74. The molecule has 1 N–H and O–H groups in total. The number of carbonyl (C=O) groups excluding carboxylic acids is 1. The van der Waals surface area contributed by atoms with E-state index in [0.717, 1.165) is 42.5 Å². The number of aryl methyl sites for hydroxylation is 1. The average molecular weight is 377 g/mol. The van der Waals surface area contributed by atoms with E-state index in [9.17, 15) is 4.79 Å². The number of amides is 2. The predicted octanol–water partition coefficient (Wildman–Crippen LogP) is 4.00. The highest BCUT2D eigenvalue weighted by atomic mass is 16.2. The number of hydrogen-bond donors (Lipinski definition) is 1. The Balaban J connectivity index is 1.49. The second-order valence-electron chi connectivity index (χ2n) is 7.80. The zero-order valence-electron chi connectivity index (χ0n) is 16.7. The van der Waals surface area contributed by atoms with Crippen LogP contribution in [0, 0.1) is 0 Å². The summed E-state index contributed by atoms with van der Waals surface area (Å²) in [6.07, 6.45) is 3.86. The second kappa shape index (κ2) is 7.64. The molecule has 0 spiro atoms. The molecule has 0 saturated carbocycles. The van der Waals surface area contributed by atoms with Crippen LogP contribution >= 0.6 is 0 Å². The number of nitrogens with zero attached hydrogens (tertiary/aromatic N) is 4. The van der Waals surface area contributed by atoms with Crippen molar-refractivity contribution in [1.82, 2.24) is 19.6 Å². The molecule has 28 heavy (non-hydrogen) atoms. The van der Waals surface area contributed by atoms with Crippen LogP contribution in [0.4, 0.5) is 10.5 Å². The first-order valence-corrected chi connectivity index (χ1v) is 9.74. The molecule has 1 aliphatic rings. The van der Waals surface area contributed by atoms with E-state index in [-0.39, 0.29) is 12.1 Å². The molecule has 2 heterocycles. The summed E-state index contributed by atoms with van der Waals surface area (Å²) in [5, 5.41) is 8.40. The molecular formula is C22H27N5O. The van der Waals surface area contributed by atoms with Gasteiger partial charge < -0.3 is 15.1 Å². The standard InChI is InChI=1S/C22H27N5O/c1-25(2)15-16-6-8-17(9-7-16)20-5-4-12-27(20)22(28)24-19-11-10-18-14-23-26(3)21(18)13-19/h6-11,13-14,20H,4-5,12,15H2,1-3H3,(H,24,28)/t20-/m1/s1. The van der Waals surface area contributed by atoms with Crippen LogP contribution < -0.4 is 5.32 Å². The summed E-state index contributed by atoms with van der Waals surface area (Å²) in [6, 6.07) is 14.6. The molecule has 1 saturated heterocycles. The van der Waals surface area contributed by atoms with Crippen LogP contribution in [0.5, 0.6) is 0 Å². The lowest BCUT2D eigenvalue weighted by Gasteiger charge is -2.25. The molecule has 1 aliphatic heterocycles. The zero-order valence-corrected chi connectivity index (χ0v) is 16.7. The van der Waals surface area contributed by atoms with E-state index in [4.69, 9.17) is 0 Å². The van der Waals surface area contributed by atoms with E-state index < -0.39 is 0 Å². The first-order chi connectivity index (χ1) is 13.5. The lowest BCUT2D eigenvalue weighted by Crippen LogP contribution is -2.34. The van der Waals surface area contributed by atoms with Crippen molar-refractivity contribution < 1.29 is 4.79 Å². The summed E-state index contributed by atoms with van der Waals surface area (Å²) in [4.78, 5) is 17.1. The predicted molar refractivity (Wildman–Crippen MR) is 112 cm³/mol. The van der Waals surface area contributed by atoms with Gasteiger partial charge in [-0.1, -0.05) is 24.3 Å².